The van der Waals surface area contributed by atoms with Crippen molar-refractivity contribution in [1.29, 1.82) is 0 Å². The van der Waals surface area contributed by atoms with Crippen LogP contribution in [-0.2, 0) is 30.7 Å². The minimum Gasteiger partial charge on any atom is -0.394 e. The van der Waals surface area contributed by atoms with Crippen LogP contribution in [0.4, 0.5) is 0 Å². The van der Waals surface area contributed by atoms with Crippen molar-refractivity contribution in [2.75, 3.05) is 7.11 Å². The number of hydrogen-bond acceptors (Lipinski definition) is 4. The van der Waals surface area contributed by atoms with E-state index in [1.807, 2.05) is 0 Å². The van der Waals surface area contributed by atoms with Crippen molar-refractivity contribution < 1.29 is 18.1 Å². The molecule has 0 fully saturated rings. The second-order valence-corrected chi connectivity index (χ2v) is 15.2. The minimum atomic E-state index is -3.91. The molecule has 2 aromatic rings. The number of benzene rings is 2. The van der Waals surface area contributed by atoms with E-state index in [2.05, 4.69) is 107 Å². The van der Waals surface area contributed by atoms with E-state index in [0.717, 1.165) is 22.3 Å². The maximum absolute atomic E-state index is 13.8. The van der Waals surface area contributed by atoms with Crippen molar-refractivity contribution >= 4 is 7.82 Å². The van der Waals surface area contributed by atoms with Gasteiger partial charge in [0.1, 0.15) is 11.5 Å². The SMILES string of the molecule is COP1(=O)Oc2c(cc(C(C)(C)C)cc2C(C)(C)C)-c2cc(C(C)(C)C)cc(C(C)(C)C)c2O1. The molecular formula is C29H43O4P. The third-order valence-electron chi connectivity index (χ3n) is 6.45. The van der Waals surface area contributed by atoms with E-state index < -0.39 is 7.82 Å². The van der Waals surface area contributed by atoms with Gasteiger partial charge in [0, 0.05) is 29.4 Å². The Balaban J connectivity index is 2.60. The molecule has 0 spiro atoms. The van der Waals surface area contributed by atoms with E-state index in [0.29, 0.717) is 11.5 Å². The standard InChI is InChI=1S/C29H43O4P/c1-26(2,3)18-14-20-21-15-19(27(4,5)6)17-23(29(10,11)12)25(21)33-34(30,31-13)32-24(20)22(16-18)28(7,8)9/h14-17H,1-13H3. The van der Waals surface area contributed by atoms with Gasteiger partial charge in [-0.1, -0.05) is 95.2 Å². The Morgan fingerprint density at radius 3 is 1.15 bits per heavy atom. The lowest BCUT2D eigenvalue weighted by atomic mass is 9.75. The largest absolute Gasteiger partial charge is 0.587 e. The zero-order valence-corrected chi connectivity index (χ0v) is 24.3. The summed E-state index contributed by atoms with van der Waals surface area (Å²) in [4.78, 5) is 0. The highest BCUT2D eigenvalue weighted by atomic mass is 31.2. The molecule has 0 bridgehead atoms. The normalized spacial score (nSPS) is 16.1. The third-order valence-corrected chi connectivity index (χ3v) is 7.71. The Kier molecular flexibility index (Phi) is 6.42. The lowest BCUT2D eigenvalue weighted by Crippen LogP contribution is -2.18. The van der Waals surface area contributed by atoms with Gasteiger partial charge >= 0.3 is 7.82 Å². The molecule has 3 rings (SSSR count). The molecular weight excluding hydrogens is 443 g/mol. The van der Waals surface area contributed by atoms with Gasteiger partial charge in [-0.2, -0.15) is 0 Å². The Labute approximate surface area is 207 Å². The second kappa shape index (κ2) is 8.14. The Morgan fingerprint density at radius 2 is 0.912 bits per heavy atom. The van der Waals surface area contributed by atoms with Gasteiger partial charge in [0.15, 0.2) is 0 Å². The molecule has 34 heavy (non-hydrogen) atoms. The monoisotopic (exact) mass is 486 g/mol. The van der Waals surface area contributed by atoms with E-state index >= 15 is 0 Å². The maximum Gasteiger partial charge on any atom is 0.587 e. The summed E-state index contributed by atoms with van der Waals surface area (Å²) in [5.41, 5.74) is 5.51. The zero-order valence-electron chi connectivity index (χ0n) is 23.4. The van der Waals surface area contributed by atoms with Crippen molar-refractivity contribution in [3.63, 3.8) is 0 Å². The highest BCUT2D eigenvalue weighted by Gasteiger charge is 2.41. The van der Waals surface area contributed by atoms with Gasteiger partial charge in [0.25, 0.3) is 0 Å². The first-order chi connectivity index (χ1) is 15.2. The summed E-state index contributed by atoms with van der Waals surface area (Å²) in [5.74, 6) is 1.16. The first-order valence-corrected chi connectivity index (χ1v) is 13.6. The molecule has 1 aliphatic rings. The van der Waals surface area contributed by atoms with Crippen LogP contribution in [0.1, 0.15) is 105 Å². The van der Waals surface area contributed by atoms with Crippen LogP contribution in [0.15, 0.2) is 24.3 Å². The van der Waals surface area contributed by atoms with Crippen molar-refractivity contribution in [3.05, 3.63) is 46.5 Å². The Bertz CT molecular complexity index is 1060. The van der Waals surface area contributed by atoms with E-state index in [9.17, 15) is 4.57 Å². The highest BCUT2D eigenvalue weighted by Crippen LogP contribution is 2.61. The number of hydrogen-bond donors (Lipinski definition) is 0. The van der Waals surface area contributed by atoms with Crippen LogP contribution in [0.25, 0.3) is 11.1 Å². The molecule has 1 aliphatic heterocycles. The average molecular weight is 487 g/mol. The van der Waals surface area contributed by atoms with Gasteiger partial charge in [-0.15, -0.1) is 0 Å². The Hall–Kier alpha value is -1.77. The Morgan fingerprint density at radius 1 is 0.588 bits per heavy atom. The molecule has 0 radical (unpaired) electrons. The summed E-state index contributed by atoms with van der Waals surface area (Å²) in [7, 11) is -2.53. The first-order valence-electron chi connectivity index (χ1n) is 12.1. The molecule has 0 saturated carbocycles. The molecule has 5 heteroatoms. The highest BCUT2D eigenvalue weighted by molar-refractivity contribution is 7.49. The first kappa shape index (κ1) is 26.8. The summed E-state index contributed by atoms with van der Waals surface area (Å²) in [6.07, 6.45) is 0. The smallest absolute Gasteiger partial charge is 0.394 e. The fourth-order valence-electron chi connectivity index (χ4n) is 4.15. The molecule has 0 N–H and O–H groups in total. The molecule has 0 aromatic heterocycles. The fourth-order valence-corrected chi connectivity index (χ4v) is 5.18. The van der Waals surface area contributed by atoms with Gasteiger partial charge < -0.3 is 9.05 Å². The van der Waals surface area contributed by atoms with Crippen LogP contribution in [0.2, 0.25) is 0 Å². The van der Waals surface area contributed by atoms with Crippen molar-refractivity contribution in [2.24, 2.45) is 0 Å². The molecule has 188 valence electrons. The lowest BCUT2D eigenvalue weighted by Gasteiger charge is -2.30. The van der Waals surface area contributed by atoms with Gasteiger partial charge in [0.05, 0.1) is 0 Å². The van der Waals surface area contributed by atoms with E-state index in [-0.39, 0.29) is 21.7 Å². The van der Waals surface area contributed by atoms with Crippen LogP contribution >= 0.6 is 7.82 Å². The van der Waals surface area contributed by atoms with Gasteiger partial charge in [-0.25, -0.2) is 4.57 Å². The number of rotatable bonds is 1. The van der Waals surface area contributed by atoms with Gasteiger partial charge in [-0.3, -0.25) is 4.52 Å². The summed E-state index contributed by atoms with van der Waals surface area (Å²) in [5, 5.41) is 0. The summed E-state index contributed by atoms with van der Waals surface area (Å²) in [6.45, 7) is 26.2. The van der Waals surface area contributed by atoms with Gasteiger partial charge in [0.2, 0.25) is 0 Å². The average Bonchev–Trinajstić information content (AvgIpc) is 2.77. The van der Waals surface area contributed by atoms with E-state index in [1.54, 1.807) is 0 Å². The van der Waals surface area contributed by atoms with Gasteiger partial charge in [-0.05, 0) is 44.9 Å². The number of phosphoric acid groups is 1. The topological polar surface area (TPSA) is 44.8 Å². The molecule has 0 aliphatic carbocycles. The third kappa shape index (κ3) is 5.09. The van der Waals surface area contributed by atoms with Crippen LogP contribution in [-0.4, -0.2) is 7.11 Å². The van der Waals surface area contributed by atoms with E-state index in [4.69, 9.17) is 13.6 Å². The summed E-state index contributed by atoms with van der Waals surface area (Å²) < 4.78 is 31.6. The van der Waals surface area contributed by atoms with E-state index in [1.165, 1.54) is 18.2 Å². The lowest BCUT2D eigenvalue weighted by molar-refractivity contribution is 0.249. The van der Waals surface area contributed by atoms with Crippen LogP contribution in [0, 0.1) is 0 Å². The molecule has 1 heterocycles. The van der Waals surface area contributed by atoms with Crippen LogP contribution in [0.3, 0.4) is 0 Å². The van der Waals surface area contributed by atoms with Crippen molar-refractivity contribution in [3.8, 4) is 22.6 Å². The van der Waals surface area contributed by atoms with Crippen LogP contribution in [0.5, 0.6) is 11.5 Å². The van der Waals surface area contributed by atoms with Crippen molar-refractivity contribution in [2.45, 2.75) is 105 Å². The maximum atomic E-state index is 13.8. The molecule has 0 amide bonds. The molecule has 2 aromatic carbocycles. The molecule has 4 nitrogen and oxygen atoms in total. The second-order valence-electron chi connectivity index (χ2n) is 13.6. The summed E-state index contributed by atoms with van der Waals surface area (Å²) >= 11 is 0. The predicted molar refractivity (Wildman–Crippen MR) is 143 cm³/mol. The van der Waals surface area contributed by atoms with Crippen molar-refractivity contribution in [1.82, 2.24) is 0 Å². The number of phosphoric ester groups is 1. The zero-order chi connectivity index (χ0) is 26.1. The fraction of sp³-hybridized carbons (Fsp3) is 0.586. The number of fused-ring (bicyclic) bond motifs is 3. The predicted octanol–water partition coefficient (Wildman–Crippen LogP) is 9.07. The molecule has 0 saturated heterocycles. The molecule has 0 atom stereocenters. The minimum absolute atomic E-state index is 0.0815. The quantitative estimate of drug-likeness (QED) is 0.377. The molecule has 0 unspecified atom stereocenters. The summed E-state index contributed by atoms with van der Waals surface area (Å²) in [6, 6.07) is 8.72. The van der Waals surface area contributed by atoms with Crippen LogP contribution < -0.4 is 9.05 Å².